The maximum absolute atomic E-state index is 12.0. The number of H-pyrrole nitrogens is 1. The first-order chi connectivity index (χ1) is 12.7. The van der Waals surface area contributed by atoms with Gasteiger partial charge in [0.2, 0.25) is 5.16 Å². The molecule has 2 aromatic carbocycles. The van der Waals surface area contributed by atoms with Crippen molar-refractivity contribution in [2.75, 3.05) is 0 Å². The third-order valence-corrected chi connectivity index (χ3v) is 4.05. The van der Waals surface area contributed by atoms with Crippen LogP contribution in [0.15, 0.2) is 83.4 Å². The minimum atomic E-state index is -0.107. The number of rotatable bonds is 7. The first kappa shape index (κ1) is 17.6. The van der Waals surface area contributed by atoms with Crippen molar-refractivity contribution in [2.24, 2.45) is 0 Å². The van der Waals surface area contributed by atoms with Gasteiger partial charge in [-0.2, -0.15) is 0 Å². The van der Waals surface area contributed by atoms with E-state index >= 15 is 0 Å². The molecular weight excluding hydrogens is 346 g/mol. The first-order valence-corrected chi connectivity index (χ1v) is 8.73. The average molecular weight is 361 g/mol. The van der Waals surface area contributed by atoms with Crippen LogP contribution in [0.3, 0.4) is 0 Å². The normalized spacial score (nSPS) is 11.2. The lowest BCUT2D eigenvalue weighted by Gasteiger charge is -1.93. The van der Waals surface area contributed by atoms with Crippen LogP contribution < -0.4 is 0 Å². The summed E-state index contributed by atoms with van der Waals surface area (Å²) in [5.74, 6) is 0.284. The lowest BCUT2D eigenvalue weighted by atomic mass is 10.1. The molecule has 0 unspecified atom stereocenters. The van der Waals surface area contributed by atoms with Gasteiger partial charge in [0.15, 0.2) is 11.6 Å². The zero-order valence-electron chi connectivity index (χ0n) is 13.7. The Labute approximate surface area is 154 Å². The number of nitrogens with zero attached hydrogens (tertiary/aromatic N) is 2. The second-order valence-electron chi connectivity index (χ2n) is 5.22. The Bertz CT molecular complexity index is 947. The number of aromatic nitrogens is 3. The zero-order chi connectivity index (χ0) is 18.2. The molecule has 1 aromatic heterocycles. The van der Waals surface area contributed by atoms with E-state index in [0.29, 0.717) is 22.1 Å². The van der Waals surface area contributed by atoms with E-state index in [4.69, 9.17) is 0 Å². The smallest absolute Gasteiger partial charge is 0.212 e. The summed E-state index contributed by atoms with van der Waals surface area (Å²) < 4.78 is 0. The number of hydrogen-bond acceptors (Lipinski definition) is 5. The van der Waals surface area contributed by atoms with Crippen molar-refractivity contribution in [3.8, 4) is 0 Å². The third-order valence-electron chi connectivity index (χ3n) is 3.38. The number of carbonyl (C=O) groups excluding carboxylic acids is 2. The molecule has 0 saturated carbocycles. The van der Waals surface area contributed by atoms with Gasteiger partial charge in [0.05, 0.1) is 0 Å². The molecule has 3 rings (SSSR count). The van der Waals surface area contributed by atoms with Crippen LogP contribution in [0.25, 0.3) is 6.08 Å². The van der Waals surface area contributed by atoms with Crippen molar-refractivity contribution in [2.45, 2.75) is 5.16 Å². The van der Waals surface area contributed by atoms with Gasteiger partial charge in [0, 0.05) is 11.1 Å². The molecule has 0 saturated heterocycles. The van der Waals surface area contributed by atoms with Gasteiger partial charge in [0.1, 0.15) is 5.82 Å². The van der Waals surface area contributed by atoms with E-state index in [1.54, 1.807) is 35.7 Å². The van der Waals surface area contributed by atoms with E-state index in [9.17, 15) is 9.59 Å². The molecule has 5 nitrogen and oxygen atoms in total. The lowest BCUT2D eigenvalue weighted by Crippen LogP contribution is -1.93. The van der Waals surface area contributed by atoms with Crippen molar-refractivity contribution in [3.63, 3.8) is 0 Å². The fourth-order valence-corrected chi connectivity index (χ4v) is 2.66. The highest BCUT2D eigenvalue weighted by molar-refractivity contribution is 8.02. The summed E-state index contributed by atoms with van der Waals surface area (Å²) in [6, 6.07) is 18.0. The molecule has 1 heterocycles. The number of thioether (sulfide) groups is 1. The molecule has 3 aromatic rings. The average Bonchev–Trinajstić information content (AvgIpc) is 3.15. The Morgan fingerprint density at radius 2 is 1.42 bits per heavy atom. The summed E-state index contributed by atoms with van der Waals surface area (Å²) in [6.45, 7) is 0. The molecule has 0 radical (unpaired) electrons. The molecular formula is C20H15N3O2S. The van der Waals surface area contributed by atoms with Crippen LogP contribution in [0.1, 0.15) is 26.5 Å². The standard InChI is InChI=1S/C20H15N3O2S/c24-17(15-7-3-1-4-8-15)11-12-19-21-20(23-22-19)26-14-13-18(25)16-9-5-2-6-10-16/h1-14H,(H,21,22,23). The zero-order valence-corrected chi connectivity index (χ0v) is 14.5. The number of aromatic amines is 1. The maximum Gasteiger partial charge on any atom is 0.212 e. The number of carbonyl (C=O) groups is 2. The van der Waals surface area contributed by atoms with Gasteiger partial charge in [0.25, 0.3) is 0 Å². The highest BCUT2D eigenvalue weighted by atomic mass is 32.2. The Morgan fingerprint density at radius 3 is 2.04 bits per heavy atom. The van der Waals surface area contributed by atoms with Crippen LogP contribution in [-0.2, 0) is 0 Å². The van der Waals surface area contributed by atoms with E-state index in [2.05, 4.69) is 15.2 Å². The molecule has 0 fully saturated rings. The summed E-state index contributed by atoms with van der Waals surface area (Å²) >= 11 is 1.22. The lowest BCUT2D eigenvalue weighted by molar-refractivity contribution is 0.103. The van der Waals surface area contributed by atoms with Crippen molar-refractivity contribution < 1.29 is 9.59 Å². The van der Waals surface area contributed by atoms with Gasteiger partial charge in [-0.25, -0.2) is 4.98 Å². The van der Waals surface area contributed by atoms with Gasteiger partial charge in [-0.05, 0) is 23.6 Å². The van der Waals surface area contributed by atoms with E-state index in [-0.39, 0.29) is 11.6 Å². The SMILES string of the molecule is O=C(C=CSc1n[nH]c(C=CC(=O)c2ccccc2)n1)c1ccccc1. The fraction of sp³-hybridized carbons (Fsp3) is 0. The van der Waals surface area contributed by atoms with Crippen LogP contribution in [0.4, 0.5) is 0 Å². The largest absolute Gasteiger partial charge is 0.289 e. The Hall–Kier alpha value is -3.25. The monoisotopic (exact) mass is 361 g/mol. The van der Waals surface area contributed by atoms with Crippen molar-refractivity contribution >= 4 is 29.4 Å². The fourth-order valence-electron chi connectivity index (χ4n) is 2.09. The summed E-state index contributed by atoms with van der Waals surface area (Å²) in [7, 11) is 0. The van der Waals surface area contributed by atoms with E-state index in [1.165, 1.54) is 23.9 Å². The van der Waals surface area contributed by atoms with E-state index in [0.717, 1.165) is 0 Å². The second kappa shape index (κ2) is 8.73. The van der Waals surface area contributed by atoms with Gasteiger partial charge in [-0.1, -0.05) is 72.4 Å². The molecule has 128 valence electrons. The van der Waals surface area contributed by atoms with Crippen molar-refractivity contribution in [1.82, 2.24) is 15.2 Å². The van der Waals surface area contributed by atoms with Crippen LogP contribution in [0, 0.1) is 0 Å². The maximum atomic E-state index is 12.0. The van der Waals surface area contributed by atoms with E-state index in [1.807, 2.05) is 36.4 Å². The van der Waals surface area contributed by atoms with Crippen LogP contribution in [0.5, 0.6) is 0 Å². The third kappa shape index (κ3) is 4.87. The van der Waals surface area contributed by atoms with Gasteiger partial charge >= 0.3 is 0 Å². The molecule has 26 heavy (non-hydrogen) atoms. The Kier molecular flexibility index (Phi) is 5.90. The van der Waals surface area contributed by atoms with Gasteiger partial charge in [-0.15, -0.1) is 5.10 Å². The highest BCUT2D eigenvalue weighted by Gasteiger charge is 2.03. The van der Waals surface area contributed by atoms with Crippen molar-refractivity contribution in [3.05, 3.63) is 95.2 Å². The Morgan fingerprint density at radius 1 is 0.846 bits per heavy atom. The predicted molar refractivity (Wildman–Crippen MR) is 102 cm³/mol. The van der Waals surface area contributed by atoms with Gasteiger partial charge in [-0.3, -0.25) is 14.7 Å². The number of allylic oxidation sites excluding steroid dienone is 2. The molecule has 0 spiro atoms. The summed E-state index contributed by atoms with van der Waals surface area (Å²) in [5.41, 5.74) is 1.24. The number of ketones is 2. The predicted octanol–water partition coefficient (Wildman–Crippen LogP) is 4.19. The second-order valence-corrected chi connectivity index (χ2v) is 6.09. The molecule has 0 atom stereocenters. The minimum Gasteiger partial charge on any atom is -0.289 e. The number of benzene rings is 2. The first-order valence-electron chi connectivity index (χ1n) is 7.85. The molecule has 0 bridgehead atoms. The quantitative estimate of drug-likeness (QED) is 0.388. The molecule has 0 amide bonds. The molecule has 0 aliphatic rings. The summed E-state index contributed by atoms with van der Waals surface area (Å²) in [5, 5.41) is 8.89. The van der Waals surface area contributed by atoms with Crippen LogP contribution in [0.2, 0.25) is 0 Å². The summed E-state index contributed by atoms with van der Waals surface area (Å²) in [6.07, 6.45) is 4.50. The number of hydrogen-bond donors (Lipinski definition) is 1. The van der Waals surface area contributed by atoms with Gasteiger partial charge < -0.3 is 0 Å². The molecule has 0 aliphatic heterocycles. The number of nitrogens with one attached hydrogen (secondary N) is 1. The van der Waals surface area contributed by atoms with E-state index < -0.39 is 0 Å². The molecule has 1 N–H and O–H groups in total. The van der Waals surface area contributed by atoms with Crippen LogP contribution >= 0.6 is 11.8 Å². The minimum absolute atomic E-state index is 0.0813. The highest BCUT2D eigenvalue weighted by Crippen LogP contribution is 2.15. The molecule has 6 heteroatoms. The Balaban J connectivity index is 1.56. The topological polar surface area (TPSA) is 75.7 Å². The molecule has 0 aliphatic carbocycles. The summed E-state index contributed by atoms with van der Waals surface area (Å²) in [4.78, 5) is 28.2. The van der Waals surface area contributed by atoms with Crippen molar-refractivity contribution in [1.29, 1.82) is 0 Å². The van der Waals surface area contributed by atoms with Crippen LogP contribution in [-0.4, -0.2) is 26.7 Å².